The molecule has 0 spiro atoms. The molecule has 12 heteroatoms. The fourth-order valence-corrected chi connectivity index (χ4v) is 8.09. The number of benzene rings is 4. The van der Waals surface area contributed by atoms with Crippen LogP contribution in [0.4, 0.5) is 4.79 Å². The first-order valence-corrected chi connectivity index (χ1v) is 19.8. The minimum atomic E-state index is -0.777. The zero-order valence-electron chi connectivity index (χ0n) is 31.9. The van der Waals surface area contributed by atoms with Crippen LogP contribution < -0.4 is 19.5 Å². The van der Waals surface area contributed by atoms with E-state index in [9.17, 15) is 9.59 Å². The van der Waals surface area contributed by atoms with E-state index in [0.717, 1.165) is 55.6 Å². The van der Waals surface area contributed by atoms with Gasteiger partial charge in [-0.2, -0.15) is 0 Å². The Morgan fingerprint density at radius 2 is 1.56 bits per heavy atom. The quantitative estimate of drug-likeness (QED) is 0.110. The summed E-state index contributed by atoms with van der Waals surface area (Å²) in [4.78, 5) is 33.6. The van der Waals surface area contributed by atoms with Crippen LogP contribution in [0, 0.1) is 5.92 Å². The van der Waals surface area contributed by atoms with Gasteiger partial charge >= 0.3 is 12.1 Å². The molecule has 4 aromatic carbocycles. The highest BCUT2D eigenvalue weighted by Crippen LogP contribution is 2.36. The smallest absolute Gasteiger partial charge is 0.408 e. The highest BCUT2D eigenvalue weighted by atomic mass is 35.5. The molecule has 5 aromatic rings. The second-order valence-corrected chi connectivity index (χ2v) is 15.2. The number of hydrogen-bond donors (Lipinski definition) is 1. The van der Waals surface area contributed by atoms with Gasteiger partial charge in [-0.05, 0) is 102 Å². The molecule has 296 valence electrons. The Hall–Kier alpha value is -5.29. The summed E-state index contributed by atoms with van der Waals surface area (Å²) in [5.41, 5.74) is 4.11. The zero-order valence-corrected chi connectivity index (χ0v) is 33.4. The van der Waals surface area contributed by atoms with Crippen LogP contribution in [0.5, 0.6) is 17.2 Å². The molecule has 3 aliphatic rings. The van der Waals surface area contributed by atoms with Gasteiger partial charge in [0.05, 0.1) is 35.9 Å². The molecule has 0 radical (unpaired) electrons. The second-order valence-electron chi connectivity index (χ2n) is 14.4. The number of fused-ring (bicyclic) bond motifs is 4. The monoisotopic (exact) mass is 809 g/mol. The first kappa shape index (κ1) is 39.9. The average molecular weight is 811 g/mol. The fourth-order valence-electron chi connectivity index (χ4n) is 7.57. The van der Waals surface area contributed by atoms with Crippen molar-refractivity contribution in [3.63, 3.8) is 0 Å². The average Bonchev–Trinajstić information content (AvgIpc) is 3.55. The number of piperidine rings is 1. The van der Waals surface area contributed by atoms with Crippen molar-refractivity contribution >= 4 is 35.3 Å². The van der Waals surface area contributed by atoms with E-state index in [1.165, 1.54) is 19.5 Å². The van der Waals surface area contributed by atoms with Gasteiger partial charge in [-0.1, -0.05) is 83.9 Å². The van der Waals surface area contributed by atoms with Gasteiger partial charge in [0.2, 0.25) is 0 Å². The Balaban J connectivity index is 1.05. The van der Waals surface area contributed by atoms with Gasteiger partial charge in [0.1, 0.15) is 24.6 Å². The maximum atomic E-state index is 13.8. The summed E-state index contributed by atoms with van der Waals surface area (Å²) < 4.78 is 29.4. The molecule has 2 unspecified atom stereocenters. The van der Waals surface area contributed by atoms with Crippen LogP contribution >= 0.6 is 23.2 Å². The fraction of sp³-hybridized carbons (Fsp3) is 0.311. The number of amides is 1. The molecular formula is C45H45Cl2N3O7. The number of esters is 1. The summed E-state index contributed by atoms with van der Waals surface area (Å²) in [7, 11) is 3.09. The molecule has 1 amide bonds. The number of hydrogen-bond acceptors (Lipinski definition) is 9. The summed E-state index contributed by atoms with van der Waals surface area (Å²) in [5.74, 6) is 1.68. The molecule has 8 rings (SSSR count). The maximum absolute atomic E-state index is 13.8. The molecular weight excluding hydrogens is 765 g/mol. The minimum Gasteiger partial charge on any atom is -0.493 e. The number of carbonyl (C=O) groups excluding carboxylic acids is 2. The summed E-state index contributed by atoms with van der Waals surface area (Å²) >= 11 is 13.0. The lowest BCUT2D eigenvalue weighted by Crippen LogP contribution is -2.37. The molecule has 57 heavy (non-hydrogen) atoms. The third-order valence-corrected chi connectivity index (χ3v) is 11.2. The first-order valence-electron chi connectivity index (χ1n) is 19.0. The van der Waals surface area contributed by atoms with Crippen molar-refractivity contribution in [2.24, 2.45) is 5.92 Å². The van der Waals surface area contributed by atoms with E-state index in [4.69, 9.17) is 46.9 Å². The summed E-state index contributed by atoms with van der Waals surface area (Å²) in [6, 6.07) is 29.4. The highest BCUT2D eigenvalue weighted by molar-refractivity contribution is 6.35. The van der Waals surface area contributed by atoms with E-state index in [-0.39, 0.29) is 19.1 Å². The van der Waals surface area contributed by atoms with E-state index < -0.39 is 24.2 Å². The predicted molar refractivity (Wildman–Crippen MR) is 218 cm³/mol. The Labute approximate surface area is 343 Å². The van der Waals surface area contributed by atoms with E-state index in [1.54, 1.807) is 43.5 Å². The number of pyridine rings is 1. The number of aromatic nitrogens is 1. The lowest BCUT2D eigenvalue weighted by Gasteiger charge is -2.26. The number of nitrogens with zero attached hydrogens (tertiary/aromatic N) is 2. The van der Waals surface area contributed by atoms with Gasteiger partial charge < -0.3 is 29.0 Å². The van der Waals surface area contributed by atoms with Crippen molar-refractivity contribution in [2.75, 3.05) is 33.9 Å². The van der Waals surface area contributed by atoms with Gasteiger partial charge in [-0.15, -0.1) is 0 Å². The van der Waals surface area contributed by atoms with Crippen molar-refractivity contribution in [2.45, 2.75) is 50.5 Å². The summed E-state index contributed by atoms with van der Waals surface area (Å²) in [5, 5.41) is 3.85. The van der Waals surface area contributed by atoms with Crippen molar-refractivity contribution < 1.29 is 33.3 Å². The molecule has 10 nitrogen and oxygen atoms in total. The molecule has 2 bridgehead atoms. The Bertz CT molecular complexity index is 2130. The van der Waals surface area contributed by atoms with Gasteiger partial charge in [0.15, 0.2) is 11.5 Å². The third-order valence-electron chi connectivity index (χ3n) is 10.6. The molecule has 4 heterocycles. The second kappa shape index (κ2) is 18.8. The van der Waals surface area contributed by atoms with Crippen LogP contribution in [-0.2, 0) is 22.5 Å². The molecule has 1 aromatic heterocycles. The molecule has 3 fully saturated rings. The molecule has 3 saturated heterocycles. The highest BCUT2D eigenvalue weighted by Gasteiger charge is 2.32. The largest absolute Gasteiger partial charge is 0.493 e. The molecule has 1 N–H and O–H groups in total. The molecule has 0 aliphatic carbocycles. The normalized spacial score (nSPS) is 18.4. The summed E-state index contributed by atoms with van der Waals surface area (Å²) in [6.07, 6.45) is 5.07. The SMILES string of the molecule is COc1ccc(C(Cc2c(Cl)cncc2Cl)OC(=O)c2cccc(COc3cccc(C(NC(=O)O[C@@H]4CC5CCN(CC5)C4)c4ccccc4)c3)c2)cc1OC. The lowest BCUT2D eigenvalue weighted by molar-refractivity contribution is 0.0296. The van der Waals surface area contributed by atoms with E-state index >= 15 is 0 Å². The molecule has 0 saturated carbocycles. The summed E-state index contributed by atoms with van der Waals surface area (Å²) in [6.45, 7) is 3.09. The topological polar surface area (TPSA) is 108 Å². The Kier molecular flexibility index (Phi) is 13.1. The van der Waals surface area contributed by atoms with Crippen LogP contribution in [-0.4, -0.2) is 61.9 Å². The van der Waals surface area contributed by atoms with Gasteiger partial charge in [0, 0.05) is 25.4 Å². The number of nitrogens with one attached hydrogen (secondary N) is 1. The van der Waals surface area contributed by atoms with Crippen molar-refractivity contribution in [1.82, 2.24) is 15.2 Å². The van der Waals surface area contributed by atoms with Crippen molar-refractivity contribution in [1.29, 1.82) is 0 Å². The third kappa shape index (κ3) is 10.2. The van der Waals surface area contributed by atoms with E-state index in [1.807, 2.05) is 60.7 Å². The van der Waals surface area contributed by atoms with Crippen LogP contribution in [0.25, 0.3) is 0 Å². The standard InChI is InChI=1S/C45H45Cl2N3O7/c1-53-40-15-14-32(23-42(40)54-2)41(24-37-38(46)25-48-26-39(37)47)57-44(51)34-12-6-8-30(20-34)28-55-35-13-7-11-33(22-35)43(31-9-4-3-5-10-31)49-45(52)56-36-21-29-16-18-50(27-36)19-17-29/h3-15,20,22-23,25-26,29,36,41,43H,16-19,21,24,27-28H2,1-2H3,(H,49,52)/t36-,41?,43?/m1/s1. The minimum absolute atomic E-state index is 0.130. The number of halogens is 2. The predicted octanol–water partition coefficient (Wildman–Crippen LogP) is 9.43. The number of carbonyl (C=O) groups is 2. The van der Waals surface area contributed by atoms with Crippen molar-refractivity contribution in [3.8, 4) is 17.2 Å². The van der Waals surface area contributed by atoms with Crippen LogP contribution in [0.3, 0.4) is 0 Å². The van der Waals surface area contributed by atoms with Crippen LogP contribution in [0.1, 0.15) is 69.6 Å². The van der Waals surface area contributed by atoms with E-state index in [0.29, 0.717) is 49.9 Å². The molecule has 3 aliphatic heterocycles. The van der Waals surface area contributed by atoms with Crippen LogP contribution in [0.2, 0.25) is 10.0 Å². The van der Waals surface area contributed by atoms with Gasteiger partial charge in [-0.25, -0.2) is 9.59 Å². The Morgan fingerprint density at radius 1 is 0.825 bits per heavy atom. The lowest BCUT2D eigenvalue weighted by atomic mass is 9.95. The van der Waals surface area contributed by atoms with Gasteiger partial charge in [0.25, 0.3) is 0 Å². The maximum Gasteiger partial charge on any atom is 0.408 e. The number of ether oxygens (including phenoxy) is 5. The molecule has 3 atom stereocenters. The Morgan fingerprint density at radius 3 is 2.32 bits per heavy atom. The first-order chi connectivity index (χ1) is 27.8. The number of rotatable bonds is 14. The van der Waals surface area contributed by atoms with Crippen molar-refractivity contribution in [3.05, 3.63) is 153 Å². The van der Waals surface area contributed by atoms with Crippen LogP contribution in [0.15, 0.2) is 109 Å². The van der Waals surface area contributed by atoms with Gasteiger partial charge in [-0.3, -0.25) is 9.88 Å². The zero-order chi connectivity index (χ0) is 39.7. The number of methoxy groups -OCH3 is 2. The van der Waals surface area contributed by atoms with E-state index in [2.05, 4.69) is 15.2 Å². The number of alkyl carbamates (subject to hydrolysis) is 1.